The highest BCUT2D eigenvalue weighted by atomic mass is 14.0. The SMILES string of the molecule is C=C1C=CC=CC=C1/C=C\C.CC. The van der Waals surface area contributed by atoms with Crippen molar-refractivity contribution in [3.63, 3.8) is 0 Å². The van der Waals surface area contributed by atoms with Crippen LogP contribution in [0.15, 0.2) is 60.3 Å². The maximum absolute atomic E-state index is 3.93. The molecule has 0 heterocycles. The summed E-state index contributed by atoms with van der Waals surface area (Å²) < 4.78 is 0. The molecule has 1 aliphatic carbocycles. The Morgan fingerprint density at radius 1 is 1.15 bits per heavy atom. The van der Waals surface area contributed by atoms with Gasteiger partial charge >= 0.3 is 0 Å². The Bertz CT molecular complexity index is 260. The third-order valence-corrected chi connectivity index (χ3v) is 1.51. The van der Waals surface area contributed by atoms with Crippen molar-refractivity contribution >= 4 is 0 Å². The summed E-state index contributed by atoms with van der Waals surface area (Å²) in [7, 11) is 0. The van der Waals surface area contributed by atoms with Crippen LogP contribution < -0.4 is 0 Å². The van der Waals surface area contributed by atoms with Gasteiger partial charge < -0.3 is 0 Å². The van der Waals surface area contributed by atoms with Crippen LogP contribution in [0.1, 0.15) is 20.8 Å². The zero-order chi connectivity index (χ0) is 10.1. The van der Waals surface area contributed by atoms with Gasteiger partial charge in [-0.2, -0.15) is 0 Å². The largest absolute Gasteiger partial charge is 0.0912 e. The van der Waals surface area contributed by atoms with Crippen LogP contribution in [0.5, 0.6) is 0 Å². The Morgan fingerprint density at radius 2 is 1.85 bits per heavy atom. The standard InChI is InChI=1S/C11H12.C2H6/c1-3-7-11-9-6-4-5-8-10(11)2;1-2/h3-9H,2H2,1H3;1-2H3/b7-3-;. The lowest BCUT2D eigenvalue weighted by atomic mass is 10.1. The van der Waals surface area contributed by atoms with Gasteiger partial charge in [0.05, 0.1) is 0 Å². The highest BCUT2D eigenvalue weighted by Gasteiger charge is 1.93. The fraction of sp³-hybridized carbons (Fsp3) is 0.231. The van der Waals surface area contributed by atoms with E-state index in [2.05, 4.69) is 18.7 Å². The Kier molecular flexibility index (Phi) is 6.62. The number of hydrogen-bond donors (Lipinski definition) is 0. The van der Waals surface area contributed by atoms with E-state index in [1.54, 1.807) is 0 Å². The predicted octanol–water partition coefficient (Wildman–Crippen LogP) is 4.20. The fourth-order valence-corrected chi connectivity index (χ4v) is 0.940. The molecule has 0 spiro atoms. The quantitative estimate of drug-likeness (QED) is 0.559. The van der Waals surface area contributed by atoms with Gasteiger partial charge in [0.1, 0.15) is 0 Å². The minimum atomic E-state index is 1.06. The van der Waals surface area contributed by atoms with Crippen molar-refractivity contribution in [1.29, 1.82) is 0 Å². The van der Waals surface area contributed by atoms with Crippen molar-refractivity contribution in [2.24, 2.45) is 0 Å². The number of rotatable bonds is 1. The van der Waals surface area contributed by atoms with E-state index >= 15 is 0 Å². The van der Waals surface area contributed by atoms with Gasteiger partial charge in [-0.05, 0) is 18.1 Å². The van der Waals surface area contributed by atoms with E-state index in [9.17, 15) is 0 Å². The summed E-state index contributed by atoms with van der Waals surface area (Å²) in [5.41, 5.74) is 2.24. The van der Waals surface area contributed by atoms with E-state index in [1.165, 1.54) is 5.57 Å². The van der Waals surface area contributed by atoms with Gasteiger partial charge in [-0.1, -0.05) is 63.0 Å². The molecule has 0 amide bonds. The third kappa shape index (κ3) is 4.32. The first-order valence-electron chi connectivity index (χ1n) is 4.71. The molecule has 0 nitrogen and oxygen atoms in total. The zero-order valence-corrected chi connectivity index (χ0v) is 8.75. The van der Waals surface area contributed by atoms with Crippen molar-refractivity contribution in [2.75, 3.05) is 0 Å². The van der Waals surface area contributed by atoms with Crippen LogP contribution in [0.4, 0.5) is 0 Å². The molecule has 0 N–H and O–H groups in total. The molecule has 1 aliphatic rings. The average Bonchev–Trinajstić information content (AvgIpc) is 2.36. The molecule has 0 saturated heterocycles. The summed E-state index contributed by atoms with van der Waals surface area (Å²) in [4.78, 5) is 0. The van der Waals surface area contributed by atoms with Crippen molar-refractivity contribution < 1.29 is 0 Å². The van der Waals surface area contributed by atoms with Crippen molar-refractivity contribution in [1.82, 2.24) is 0 Å². The normalized spacial score (nSPS) is 15.0. The maximum Gasteiger partial charge on any atom is -0.0193 e. The minimum absolute atomic E-state index is 1.06. The molecule has 0 radical (unpaired) electrons. The smallest absolute Gasteiger partial charge is 0.0193 e. The second-order valence-electron chi connectivity index (χ2n) is 2.39. The summed E-state index contributed by atoms with van der Waals surface area (Å²) in [5.74, 6) is 0. The van der Waals surface area contributed by atoms with Crippen molar-refractivity contribution in [3.05, 3.63) is 60.3 Å². The second kappa shape index (κ2) is 7.35. The van der Waals surface area contributed by atoms with Crippen LogP contribution in [0.25, 0.3) is 0 Å². The van der Waals surface area contributed by atoms with E-state index in [4.69, 9.17) is 0 Å². The lowest BCUT2D eigenvalue weighted by molar-refractivity contribution is 1.50. The van der Waals surface area contributed by atoms with Gasteiger partial charge in [-0.25, -0.2) is 0 Å². The zero-order valence-electron chi connectivity index (χ0n) is 8.75. The van der Waals surface area contributed by atoms with Crippen LogP contribution in [0.3, 0.4) is 0 Å². The van der Waals surface area contributed by atoms with Crippen LogP contribution in [-0.4, -0.2) is 0 Å². The molecule has 0 aliphatic heterocycles. The molecule has 0 unspecified atom stereocenters. The van der Waals surface area contributed by atoms with Crippen LogP contribution in [0.2, 0.25) is 0 Å². The molecule has 0 heteroatoms. The fourth-order valence-electron chi connectivity index (χ4n) is 0.940. The Hall–Kier alpha value is -1.30. The van der Waals surface area contributed by atoms with Crippen molar-refractivity contribution in [2.45, 2.75) is 20.8 Å². The molecule has 70 valence electrons. The van der Waals surface area contributed by atoms with Gasteiger partial charge in [0.25, 0.3) is 0 Å². The highest BCUT2D eigenvalue weighted by Crippen LogP contribution is 2.13. The van der Waals surface area contributed by atoms with Gasteiger partial charge in [0, 0.05) is 0 Å². The Morgan fingerprint density at radius 3 is 2.46 bits per heavy atom. The van der Waals surface area contributed by atoms with Crippen LogP contribution >= 0.6 is 0 Å². The average molecular weight is 174 g/mol. The Balaban J connectivity index is 0.000000671. The lowest BCUT2D eigenvalue weighted by Gasteiger charge is -1.97. The molecule has 0 aromatic carbocycles. The molecule has 0 aromatic heterocycles. The van der Waals surface area contributed by atoms with E-state index in [0.717, 1.165) is 5.57 Å². The molecule has 13 heavy (non-hydrogen) atoms. The highest BCUT2D eigenvalue weighted by molar-refractivity contribution is 5.48. The van der Waals surface area contributed by atoms with Crippen molar-refractivity contribution in [3.8, 4) is 0 Å². The van der Waals surface area contributed by atoms with E-state index in [-0.39, 0.29) is 0 Å². The minimum Gasteiger partial charge on any atom is -0.0912 e. The molecular formula is C13H18. The number of allylic oxidation sites excluding steroid dienone is 9. The summed E-state index contributed by atoms with van der Waals surface area (Å²) in [6, 6.07) is 0. The van der Waals surface area contributed by atoms with Gasteiger partial charge in [-0.15, -0.1) is 0 Å². The first-order chi connectivity index (χ1) is 6.34. The summed E-state index contributed by atoms with van der Waals surface area (Å²) in [6.07, 6.45) is 14.2. The first kappa shape index (κ1) is 11.7. The molecular weight excluding hydrogens is 156 g/mol. The summed E-state index contributed by atoms with van der Waals surface area (Å²) >= 11 is 0. The summed E-state index contributed by atoms with van der Waals surface area (Å²) in [6.45, 7) is 9.93. The van der Waals surface area contributed by atoms with E-state index in [1.807, 2.05) is 51.2 Å². The monoisotopic (exact) mass is 174 g/mol. The van der Waals surface area contributed by atoms with Crippen LogP contribution in [0, 0.1) is 0 Å². The molecule has 0 fully saturated rings. The van der Waals surface area contributed by atoms with Gasteiger partial charge in [0.15, 0.2) is 0 Å². The molecule has 0 atom stereocenters. The Labute approximate surface area is 81.7 Å². The second-order valence-corrected chi connectivity index (χ2v) is 2.39. The van der Waals surface area contributed by atoms with Gasteiger partial charge in [0.2, 0.25) is 0 Å². The van der Waals surface area contributed by atoms with E-state index < -0.39 is 0 Å². The van der Waals surface area contributed by atoms with E-state index in [0.29, 0.717) is 0 Å². The molecule has 0 saturated carbocycles. The van der Waals surface area contributed by atoms with Gasteiger partial charge in [-0.3, -0.25) is 0 Å². The molecule has 1 rings (SSSR count). The molecule has 0 bridgehead atoms. The lowest BCUT2D eigenvalue weighted by Crippen LogP contribution is -1.77. The van der Waals surface area contributed by atoms with Crippen LogP contribution in [-0.2, 0) is 0 Å². The maximum atomic E-state index is 3.93. The predicted molar refractivity (Wildman–Crippen MR) is 61.7 cm³/mol. The summed E-state index contributed by atoms with van der Waals surface area (Å²) in [5, 5.41) is 0. The first-order valence-corrected chi connectivity index (χ1v) is 4.71. The third-order valence-electron chi connectivity index (χ3n) is 1.51. The number of hydrogen-bond acceptors (Lipinski definition) is 0. The molecule has 0 aromatic rings. The topological polar surface area (TPSA) is 0 Å².